The van der Waals surface area contributed by atoms with Gasteiger partial charge in [0.05, 0.1) is 25.9 Å². The molecule has 2 N–H and O–H groups in total. The standard InChI is InChI=1S/C21H21NO4S/c1-25-19-5-3-4-17(20(19)26-2)21(24)22-12-18(23)15-8-6-14(7-9-15)16-10-11-27-13-16/h3-11,13,18,23H,12H2,1-2H3,(H,22,24). The summed E-state index contributed by atoms with van der Waals surface area (Å²) in [6.07, 6.45) is -0.804. The summed E-state index contributed by atoms with van der Waals surface area (Å²) < 4.78 is 10.5. The van der Waals surface area contributed by atoms with E-state index in [2.05, 4.69) is 16.8 Å². The van der Waals surface area contributed by atoms with E-state index in [1.165, 1.54) is 14.2 Å². The summed E-state index contributed by atoms with van der Waals surface area (Å²) in [6.45, 7) is 0.0942. The largest absolute Gasteiger partial charge is 0.493 e. The number of thiophene rings is 1. The van der Waals surface area contributed by atoms with Crippen LogP contribution in [-0.2, 0) is 0 Å². The second-order valence-corrected chi connectivity index (χ2v) is 6.68. The molecule has 3 aromatic rings. The van der Waals surface area contributed by atoms with Crippen LogP contribution in [0.4, 0.5) is 0 Å². The maximum absolute atomic E-state index is 12.5. The van der Waals surface area contributed by atoms with E-state index in [0.29, 0.717) is 17.1 Å². The van der Waals surface area contributed by atoms with Crippen LogP contribution in [0.25, 0.3) is 11.1 Å². The Morgan fingerprint density at radius 3 is 2.48 bits per heavy atom. The van der Waals surface area contributed by atoms with Crippen molar-refractivity contribution in [2.75, 3.05) is 20.8 Å². The Hall–Kier alpha value is -2.83. The Labute approximate surface area is 162 Å². The summed E-state index contributed by atoms with van der Waals surface area (Å²) in [5.74, 6) is 0.515. The van der Waals surface area contributed by atoms with Gasteiger partial charge in [-0.25, -0.2) is 0 Å². The Kier molecular flexibility index (Phi) is 6.11. The van der Waals surface area contributed by atoms with Crippen molar-refractivity contribution in [2.24, 2.45) is 0 Å². The molecule has 0 aliphatic carbocycles. The van der Waals surface area contributed by atoms with E-state index in [-0.39, 0.29) is 12.5 Å². The molecule has 0 bridgehead atoms. The highest BCUT2D eigenvalue weighted by atomic mass is 32.1. The van der Waals surface area contributed by atoms with Gasteiger partial charge >= 0.3 is 0 Å². The van der Waals surface area contributed by atoms with Crippen LogP contribution < -0.4 is 14.8 Å². The second kappa shape index (κ2) is 8.70. The zero-order valence-corrected chi connectivity index (χ0v) is 16.0. The first kappa shape index (κ1) is 18.9. The van der Waals surface area contributed by atoms with Gasteiger partial charge < -0.3 is 19.9 Å². The van der Waals surface area contributed by atoms with Crippen molar-refractivity contribution >= 4 is 17.2 Å². The average molecular weight is 383 g/mol. The highest BCUT2D eigenvalue weighted by Gasteiger charge is 2.17. The zero-order chi connectivity index (χ0) is 19.2. The predicted octanol–water partition coefficient (Wildman–Crippen LogP) is 3.90. The lowest BCUT2D eigenvalue weighted by atomic mass is 10.0. The Bertz CT molecular complexity index is 891. The van der Waals surface area contributed by atoms with Gasteiger partial charge in [-0.15, -0.1) is 0 Å². The van der Waals surface area contributed by atoms with Crippen LogP contribution in [0.2, 0.25) is 0 Å². The number of carbonyl (C=O) groups is 1. The molecule has 0 aliphatic rings. The first-order chi connectivity index (χ1) is 13.1. The number of ether oxygens (including phenoxy) is 2. The second-order valence-electron chi connectivity index (χ2n) is 5.90. The van der Waals surface area contributed by atoms with Gasteiger partial charge in [-0.05, 0) is 45.6 Å². The topological polar surface area (TPSA) is 67.8 Å². The summed E-state index contributed by atoms with van der Waals surface area (Å²) in [6, 6.07) is 14.8. The number of carbonyl (C=O) groups excluding carboxylic acids is 1. The predicted molar refractivity (Wildman–Crippen MR) is 107 cm³/mol. The van der Waals surface area contributed by atoms with Gasteiger partial charge in [0, 0.05) is 6.54 Å². The lowest BCUT2D eigenvalue weighted by molar-refractivity contribution is 0.0912. The summed E-state index contributed by atoms with van der Waals surface area (Å²) in [5, 5.41) is 17.2. The number of benzene rings is 2. The van der Waals surface area contributed by atoms with Crippen LogP contribution >= 0.6 is 11.3 Å². The fourth-order valence-corrected chi connectivity index (χ4v) is 3.46. The van der Waals surface area contributed by atoms with E-state index in [4.69, 9.17) is 9.47 Å². The average Bonchev–Trinajstić information content (AvgIpc) is 3.26. The fraction of sp³-hybridized carbons (Fsp3) is 0.190. The maximum atomic E-state index is 12.5. The molecule has 0 spiro atoms. The smallest absolute Gasteiger partial charge is 0.255 e. The molecule has 1 atom stereocenters. The molecule has 27 heavy (non-hydrogen) atoms. The lowest BCUT2D eigenvalue weighted by Crippen LogP contribution is -2.28. The lowest BCUT2D eigenvalue weighted by Gasteiger charge is -2.15. The maximum Gasteiger partial charge on any atom is 0.255 e. The summed E-state index contributed by atoms with van der Waals surface area (Å²) in [7, 11) is 3.00. The Morgan fingerprint density at radius 1 is 1.07 bits per heavy atom. The van der Waals surface area contributed by atoms with Crippen molar-refractivity contribution in [3.63, 3.8) is 0 Å². The van der Waals surface area contributed by atoms with Crippen LogP contribution in [0, 0.1) is 0 Å². The molecule has 140 valence electrons. The molecule has 1 unspecified atom stereocenters. The van der Waals surface area contributed by atoms with E-state index in [1.54, 1.807) is 29.5 Å². The van der Waals surface area contributed by atoms with E-state index in [9.17, 15) is 9.90 Å². The molecule has 1 amide bonds. The van der Waals surface area contributed by atoms with Gasteiger partial charge in [0.15, 0.2) is 11.5 Å². The SMILES string of the molecule is COc1cccc(C(=O)NCC(O)c2ccc(-c3ccsc3)cc2)c1OC. The highest BCUT2D eigenvalue weighted by molar-refractivity contribution is 7.08. The Morgan fingerprint density at radius 2 is 1.85 bits per heavy atom. The van der Waals surface area contributed by atoms with Crippen LogP contribution in [-0.4, -0.2) is 31.8 Å². The molecule has 1 aromatic heterocycles. The molecule has 3 rings (SSSR count). The molecule has 0 radical (unpaired) electrons. The minimum Gasteiger partial charge on any atom is -0.493 e. The Balaban J connectivity index is 1.65. The quantitative estimate of drug-likeness (QED) is 0.649. The van der Waals surface area contributed by atoms with Crippen molar-refractivity contribution in [1.29, 1.82) is 0 Å². The normalized spacial score (nSPS) is 11.7. The first-order valence-corrected chi connectivity index (χ1v) is 9.38. The third-order valence-corrected chi connectivity index (χ3v) is 4.94. The van der Waals surface area contributed by atoms with Crippen molar-refractivity contribution in [3.8, 4) is 22.6 Å². The summed E-state index contributed by atoms with van der Waals surface area (Å²) in [4.78, 5) is 12.5. The van der Waals surface area contributed by atoms with Crippen molar-refractivity contribution in [3.05, 3.63) is 70.4 Å². The van der Waals surface area contributed by atoms with Gasteiger partial charge in [0.25, 0.3) is 5.91 Å². The van der Waals surface area contributed by atoms with Gasteiger partial charge in [0.2, 0.25) is 0 Å². The number of nitrogens with one attached hydrogen (secondary N) is 1. The van der Waals surface area contributed by atoms with Crippen molar-refractivity contribution < 1.29 is 19.4 Å². The van der Waals surface area contributed by atoms with Crippen LogP contribution in [0.5, 0.6) is 11.5 Å². The highest BCUT2D eigenvalue weighted by Crippen LogP contribution is 2.30. The molecule has 0 saturated heterocycles. The van der Waals surface area contributed by atoms with Gasteiger partial charge in [-0.2, -0.15) is 11.3 Å². The fourth-order valence-electron chi connectivity index (χ4n) is 2.79. The minimum absolute atomic E-state index is 0.0942. The monoisotopic (exact) mass is 383 g/mol. The molecule has 0 saturated carbocycles. The number of methoxy groups -OCH3 is 2. The van der Waals surface area contributed by atoms with E-state index >= 15 is 0 Å². The van der Waals surface area contributed by atoms with E-state index in [1.807, 2.05) is 29.6 Å². The van der Waals surface area contributed by atoms with Crippen LogP contribution in [0.1, 0.15) is 22.0 Å². The molecule has 1 heterocycles. The number of aliphatic hydroxyl groups is 1. The third-order valence-electron chi connectivity index (χ3n) is 4.25. The molecule has 0 fully saturated rings. The molecular formula is C21H21NO4S. The molecule has 6 heteroatoms. The third kappa shape index (κ3) is 4.30. The number of rotatable bonds is 7. The first-order valence-electron chi connectivity index (χ1n) is 8.44. The van der Waals surface area contributed by atoms with Crippen molar-refractivity contribution in [1.82, 2.24) is 5.32 Å². The number of aliphatic hydroxyl groups excluding tert-OH is 1. The number of hydrogen-bond donors (Lipinski definition) is 2. The summed E-state index contributed by atoms with van der Waals surface area (Å²) >= 11 is 1.64. The van der Waals surface area contributed by atoms with Crippen molar-refractivity contribution in [2.45, 2.75) is 6.10 Å². The zero-order valence-electron chi connectivity index (χ0n) is 15.1. The molecule has 2 aromatic carbocycles. The molecular weight excluding hydrogens is 362 g/mol. The summed E-state index contributed by atoms with van der Waals surface area (Å²) in [5.41, 5.74) is 3.35. The van der Waals surface area contributed by atoms with Crippen LogP contribution in [0.15, 0.2) is 59.3 Å². The number of amides is 1. The van der Waals surface area contributed by atoms with E-state index < -0.39 is 6.10 Å². The number of para-hydroxylation sites is 1. The molecule has 0 aliphatic heterocycles. The van der Waals surface area contributed by atoms with E-state index in [0.717, 1.165) is 16.7 Å². The molecule has 5 nitrogen and oxygen atoms in total. The minimum atomic E-state index is -0.804. The van der Waals surface area contributed by atoms with Crippen LogP contribution in [0.3, 0.4) is 0 Å². The number of hydrogen-bond acceptors (Lipinski definition) is 5. The van der Waals surface area contributed by atoms with Gasteiger partial charge in [0.1, 0.15) is 0 Å². The van der Waals surface area contributed by atoms with Gasteiger partial charge in [-0.3, -0.25) is 4.79 Å². The van der Waals surface area contributed by atoms with Gasteiger partial charge in [-0.1, -0.05) is 30.3 Å².